The summed E-state index contributed by atoms with van der Waals surface area (Å²) < 4.78 is 37.0. The molecule has 0 aromatic carbocycles. The molecule has 1 aromatic rings. The highest BCUT2D eigenvalue weighted by molar-refractivity contribution is 6.12. The highest BCUT2D eigenvalue weighted by atomic mass is 19.4. The molecule has 0 atom stereocenters. The first kappa shape index (κ1) is 14.5. The Balaban J connectivity index is 2.98. The highest BCUT2D eigenvalue weighted by Crippen LogP contribution is 2.28. The standard InChI is InChI=1S/C10H7F3N2O4/c11-10(12,13)6-2-1-3-7(15-6)14-4-5(8(16)17)9(18)19/h1-4H,(H,14,15)(H,16,17)(H,18,19). The molecule has 0 bridgehead atoms. The van der Waals surface area contributed by atoms with E-state index in [1.54, 1.807) is 0 Å². The molecule has 0 saturated carbocycles. The zero-order chi connectivity index (χ0) is 14.6. The molecule has 0 spiro atoms. The lowest BCUT2D eigenvalue weighted by atomic mass is 10.3. The number of carboxylic acids is 2. The number of pyridine rings is 1. The van der Waals surface area contributed by atoms with Crippen molar-refractivity contribution in [3.05, 3.63) is 35.7 Å². The van der Waals surface area contributed by atoms with E-state index < -0.39 is 29.4 Å². The van der Waals surface area contributed by atoms with E-state index in [1.165, 1.54) is 0 Å². The number of alkyl halides is 3. The van der Waals surface area contributed by atoms with E-state index in [1.807, 2.05) is 0 Å². The molecule has 0 aliphatic heterocycles. The van der Waals surface area contributed by atoms with Crippen LogP contribution in [0.4, 0.5) is 19.0 Å². The Morgan fingerprint density at radius 1 is 1.21 bits per heavy atom. The van der Waals surface area contributed by atoms with Gasteiger partial charge in [0.05, 0.1) is 0 Å². The van der Waals surface area contributed by atoms with Crippen LogP contribution >= 0.6 is 0 Å². The maximum atomic E-state index is 12.3. The fourth-order valence-corrected chi connectivity index (χ4v) is 1.03. The summed E-state index contributed by atoms with van der Waals surface area (Å²) >= 11 is 0. The molecule has 0 saturated heterocycles. The molecule has 0 amide bonds. The molecule has 0 radical (unpaired) electrons. The normalized spacial score (nSPS) is 10.7. The van der Waals surface area contributed by atoms with Crippen molar-refractivity contribution in [2.75, 3.05) is 5.32 Å². The van der Waals surface area contributed by atoms with Crippen LogP contribution in [0.3, 0.4) is 0 Å². The smallest absolute Gasteiger partial charge is 0.433 e. The lowest BCUT2D eigenvalue weighted by molar-refractivity contribution is -0.142. The summed E-state index contributed by atoms with van der Waals surface area (Å²) in [6.45, 7) is 0. The molecular weight excluding hydrogens is 269 g/mol. The maximum Gasteiger partial charge on any atom is 0.433 e. The second kappa shape index (κ2) is 5.38. The molecule has 19 heavy (non-hydrogen) atoms. The zero-order valence-electron chi connectivity index (χ0n) is 9.10. The molecule has 3 N–H and O–H groups in total. The number of carboxylic acid groups (broad SMARTS) is 2. The number of halogens is 3. The summed E-state index contributed by atoms with van der Waals surface area (Å²) in [5, 5.41) is 19.1. The Hall–Kier alpha value is -2.58. The summed E-state index contributed by atoms with van der Waals surface area (Å²) in [5.74, 6) is -3.78. The second-order valence-corrected chi connectivity index (χ2v) is 3.22. The van der Waals surface area contributed by atoms with Crippen LogP contribution in [0.15, 0.2) is 30.0 Å². The van der Waals surface area contributed by atoms with Gasteiger partial charge in [-0.05, 0) is 12.1 Å². The summed E-state index contributed by atoms with van der Waals surface area (Å²) in [6.07, 6.45) is -4.10. The molecular formula is C10H7F3N2O4. The molecule has 9 heteroatoms. The molecule has 6 nitrogen and oxygen atoms in total. The Kier molecular flexibility index (Phi) is 4.10. The van der Waals surface area contributed by atoms with E-state index in [4.69, 9.17) is 10.2 Å². The summed E-state index contributed by atoms with van der Waals surface area (Å²) in [7, 11) is 0. The van der Waals surface area contributed by atoms with E-state index in [0.29, 0.717) is 6.20 Å². The topological polar surface area (TPSA) is 99.5 Å². The number of hydrogen-bond acceptors (Lipinski definition) is 4. The van der Waals surface area contributed by atoms with Gasteiger partial charge in [-0.2, -0.15) is 13.2 Å². The average Bonchev–Trinajstić information content (AvgIpc) is 2.27. The number of nitrogens with one attached hydrogen (secondary N) is 1. The molecule has 102 valence electrons. The van der Waals surface area contributed by atoms with Gasteiger partial charge in [0.25, 0.3) is 0 Å². The second-order valence-electron chi connectivity index (χ2n) is 3.22. The van der Waals surface area contributed by atoms with Crippen LogP contribution in [0, 0.1) is 0 Å². The largest absolute Gasteiger partial charge is 0.477 e. The van der Waals surface area contributed by atoms with Gasteiger partial charge in [0.2, 0.25) is 0 Å². The fraction of sp³-hybridized carbons (Fsp3) is 0.100. The van der Waals surface area contributed by atoms with Gasteiger partial charge in [-0.1, -0.05) is 6.07 Å². The van der Waals surface area contributed by atoms with E-state index in [-0.39, 0.29) is 5.82 Å². The van der Waals surface area contributed by atoms with Crippen molar-refractivity contribution in [3.8, 4) is 0 Å². The third-order valence-corrected chi connectivity index (χ3v) is 1.86. The number of hydrogen-bond donors (Lipinski definition) is 3. The number of nitrogens with zero attached hydrogens (tertiary/aromatic N) is 1. The minimum Gasteiger partial charge on any atom is -0.477 e. The lowest BCUT2D eigenvalue weighted by Crippen LogP contribution is -2.13. The molecule has 0 aliphatic rings. The van der Waals surface area contributed by atoms with Crippen LogP contribution in [0.25, 0.3) is 0 Å². The van der Waals surface area contributed by atoms with E-state index in [0.717, 1.165) is 18.2 Å². The van der Waals surface area contributed by atoms with Gasteiger partial charge < -0.3 is 15.5 Å². The monoisotopic (exact) mass is 276 g/mol. The maximum absolute atomic E-state index is 12.3. The van der Waals surface area contributed by atoms with Gasteiger partial charge in [-0.3, -0.25) is 0 Å². The van der Waals surface area contributed by atoms with Crippen LogP contribution in [-0.4, -0.2) is 27.1 Å². The number of anilines is 1. The number of aromatic nitrogens is 1. The average molecular weight is 276 g/mol. The summed E-state index contributed by atoms with van der Waals surface area (Å²) in [6, 6.07) is 2.91. The van der Waals surface area contributed by atoms with Gasteiger partial charge in [-0.25, -0.2) is 14.6 Å². The van der Waals surface area contributed by atoms with Gasteiger partial charge in [-0.15, -0.1) is 0 Å². The molecule has 0 unspecified atom stereocenters. The molecule has 1 aromatic heterocycles. The van der Waals surface area contributed by atoms with Crippen LogP contribution in [-0.2, 0) is 15.8 Å². The Morgan fingerprint density at radius 2 is 1.79 bits per heavy atom. The van der Waals surface area contributed by atoms with Crippen molar-refractivity contribution >= 4 is 17.8 Å². The van der Waals surface area contributed by atoms with Crippen LogP contribution in [0.1, 0.15) is 5.69 Å². The van der Waals surface area contributed by atoms with Crippen LogP contribution in [0.2, 0.25) is 0 Å². The van der Waals surface area contributed by atoms with E-state index in [2.05, 4.69) is 10.3 Å². The van der Waals surface area contributed by atoms with Gasteiger partial charge in [0, 0.05) is 6.20 Å². The number of rotatable bonds is 4. The SMILES string of the molecule is O=C(O)C(=CNc1cccc(C(F)(F)F)n1)C(=O)O. The Bertz CT molecular complexity index is 524. The minimum atomic E-state index is -4.65. The number of aliphatic carboxylic acids is 2. The first-order chi connectivity index (χ1) is 8.71. The molecule has 1 rings (SSSR count). The number of carbonyl (C=O) groups is 2. The Labute approximate surface area is 104 Å². The predicted molar refractivity (Wildman–Crippen MR) is 56.2 cm³/mol. The van der Waals surface area contributed by atoms with Crippen LogP contribution in [0.5, 0.6) is 0 Å². The van der Waals surface area contributed by atoms with Crippen molar-refractivity contribution in [2.45, 2.75) is 6.18 Å². The minimum absolute atomic E-state index is 0.324. The Morgan fingerprint density at radius 3 is 2.26 bits per heavy atom. The quantitative estimate of drug-likeness (QED) is 0.438. The van der Waals surface area contributed by atoms with Crippen LogP contribution < -0.4 is 5.32 Å². The fourth-order valence-electron chi connectivity index (χ4n) is 1.03. The molecule has 0 fully saturated rings. The van der Waals surface area contributed by atoms with Crippen molar-refractivity contribution in [3.63, 3.8) is 0 Å². The van der Waals surface area contributed by atoms with Crippen molar-refractivity contribution in [1.29, 1.82) is 0 Å². The first-order valence-corrected chi connectivity index (χ1v) is 4.69. The van der Waals surface area contributed by atoms with Crippen molar-refractivity contribution in [2.24, 2.45) is 0 Å². The van der Waals surface area contributed by atoms with E-state index in [9.17, 15) is 22.8 Å². The third-order valence-electron chi connectivity index (χ3n) is 1.86. The lowest BCUT2D eigenvalue weighted by Gasteiger charge is -2.07. The predicted octanol–water partition coefficient (Wildman–Crippen LogP) is 1.57. The molecule has 1 heterocycles. The van der Waals surface area contributed by atoms with Gasteiger partial charge in [0.1, 0.15) is 11.5 Å². The molecule has 0 aliphatic carbocycles. The van der Waals surface area contributed by atoms with Crippen molar-refractivity contribution in [1.82, 2.24) is 4.98 Å². The first-order valence-electron chi connectivity index (χ1n) is 4.69. The van der Waals surface area contributed by atoms with Gasteiger partial charge >= 0.3 is 18.1 Å². The van der Waals surface area contributed by atoms with E-state index >= 15 is 0 Å². The van der Waals surface area contributed by atoms with Crippen molar-refractivity contribution < 1.29 is 33.0 Å². The summed E-state index contributed by atoms with van der Waals surface area (Å²) in [5.41, 5.74) is -2.21. The highest BCUT2D eigenvalue weighted by Gasteiger charge is 2.32. The zero-order valence-corrected chi connectivity index (χ0v) is 9.10. The summed E-state index contributed by atoms with van der Waals surface area (Å²) in [4.78, 5) is 24.2. The third kappa shape index (κ3) is 3.98. The van der Waals surface area contributed by atoms with Gasteiger partial charge in [0.15, 0.2) is 5.57 Å².